The minimum atomic E-state index is -1.07. The maximum absolute atomic E-state index is 14.0. The summed E-state index contributed by atoms with van der Waals surface area (Å²) >= 11 is 0. The van der Waals surface area contributed by atoms with Crippen LogP contribution < -0.4 is 10.2 Å². The van der Waals surface area contributed by atoms with Crippen molar-refractivity contribution in [2.45, 2.75) is 12.8 Å². The van der Waals surface area contributed by atoms with Crippen LogP contribution in [0.2, 0.25) is 0 Å². The second kappa shape index (κ2) is 8.27. The molecule has 0 atom stereocenters. The van der Waals surface area contributed by atoms with Crippen LogP contribution in [-0.4, -0.2) is 25.4 Å². The molecule has 2 aromatic carbocycles. The van der Waals surface area contributed by atoms with Crippen LogP contribution in [0, 0.1) is 11.6 Å². The van der Waals surface area contributed by atoms with Gasteiger partial charge in [0.1, 0.15) is 18.5 Å². The van der Waals surface area contributed by atoms with Gasteiger partial charge in [-0.05, 0) is 17.7 Å². The van der Waals surface area contributed by atoms with Crippen LogP contribution in [0.15, 0.2) is 42.5 Å². The monoisotopic (exact) mass is 392 g/mol. The molecule has 0 bridgehead atoms. The molecule has 0 aromatic heterocycles. The summed E-state index contributed by atoms with van der Waals surface area (Å²) in [5, 5.41) is 2.27. The number of nitrogens with zero attached hydrogens (tertiary/aromatic N) is 1. The molecule has 8 heteroatoms. The van der Waals surface area contributed by atoms with Gasteiger partial charge in [0.25, 0.3) is 0 Å². The summed E-state index contributed by atoms with van der Waals surface area (Å²) < 4.78 is 45.8. The van der Waals surface area contributed by atoms with Crippen molar-refractivity contribution < 1.29 is 39.8 Å². The number of benzene rings is 2. The molecule has 1 aliphatic rings. The van der Waals surface area contributed by atoms with Gasteiger partial charge >= 0.3 is 6.09 Å². The standard InChI is InChI=1S/C17H15F3N2O2.Fe/c18-12-8-22(9-12)16-14(19)6-13(7-15(16)20)21-17(23)24-10-11-4-2-1-3-5-11;/h1-7,12H,8-10H2,(H,21,23);. The maximum Gasteiger partial charge on any atom is 0.411 e. The Labute approximate surface area is 153 Å². The van der Waals surface area contributed by atoms with Gasteiger partial charge < -0.3 is 9.64 Å². The smallest absolute Gasteiger partial charge is 0.411 e. The van der Waals surface area contributed by atoms with Gasteiger partial charge in [-0.15, -0.1) is 0 Å². The van der Waals surface area contributed by atoms with Gasteiger partial charge in [-0.1, -0.05) is 30.3 Å². The molecule has 2 aromatic rings. The quantitative estimate of drug-likeness (QED) is 0.804. The van der Waals surface area contributed by atoms with Crippen molar-refractivity contribution in [3.8, 4) is 0 Å². The Balaban J connectivity index is 0.00000225. The first-order valence-corrected chi connectivity index (χ1v) is 7.38. The minimum absolute atomic E-state index is 0. The normalized spacial score (nSPS) is 13.6. The number of carbonyl (C=O) groups excluding carboxylic acids is 1. The molecule has 25 heavy (non-hydrogen) atoms. The molecule has 1 fully saturated rings. The Bertz CT molecular complexity index is 717. The minimum Gasteiger partial charge on any atom is -0.444 e. The molecule has 1 heterocycles. The Morgan fingerprint density at radius 3 is 2.32 bits per heavy atom. The van der Waals surface area contributed by atoms with E-state index in [4.69, 9.17) is 4.74 Å². The summed E-state index contributed by atoms with van der Waals surface area (Å²) in [5.41, 5.74) is 0.440. The third-order valence-corrected chi connectivity index (χ3v) is 3.63. The molecule has 4 nitrogen and oxygen atoms in total. The Morgan fingerprint density at radius 2 is 1.76 bits per heavy atom. The van der Waals surface area contributed by atoms with Crippen LogP contribution in [0.4, 0.5) is 29.3 Å². The number of rotatable bonds is 4. The zero-order valence-electron chi connectivity index (χ0n) is 13.0. The van der Waals surface area contributed by atoms with Crippen LogP contribution in [0.1, 0.15) is 5.56 Å². The summed E-state index contributed by atoms with van der Waals surface area (Å²) in [6.07, 6.45) is -1.90. The van der Waals surface area contributed by atoms with E-state index in [0.29, 0.717) is 0 Å². The van der Waals surface area contributed by atoms with Gasteiger partial charge in [0.2, 0.25) is 0 Å². The molecule has 0 saturated carbocycles. The van der Waals surface area contributed by atoms with Crippen LogP contribution in [0.25, 0.3) is 0 Å². The van der Waals surface area contributed by atoms with Gasteiger partial charge in [-0.2, -0.15) is 0 Å². The van der Waals surface area contributed by atoms with E-state index >= 15 is 0 Å². The van der Waals surface area contributed by atoms with Gasteiger partial charge in [0, 0.05) is 22.8 Å². The number of hydrogen-bond donors (Lipinski definition) is 1. The van der Waals surface area contributed by atoms with Crippen molar-refractivity contribution in [2.75, 3.05) is 23.3 Å². The fraction of sp³-hybridized carbons (Fsp3) is 0.235. The molecule has 3 rings (SSSR count). The first kappa shape index (κ1) is 19.1. The average Bonchev–Trinajstić information content (AvgIpc) is 2.51. The van der Waals surface area contributed by atoms with E-state index in [1.807, 2.05) is 6.07 Å². The topological polar surface area (TPSA) is 41.6 Å². The first-order valence-electron chi connectivity index (χ1n) is 7.38. The molecule has 1 aliphatic heterocycles. The van der Waals surface area contributed by atoms with Gasteiger partial charge in [0.05, 0.1) is 13.1 Å². The summed E-state index contributed by atoms with van der Waals surface area (Å²) in [6, 6.07) is 11.0. The number of alkyl halides is 1. The van der Waals surface area contributed by atoms with Crippen LogP contribution in [0.5, 0.6) is 0 Å². The molecule has 0 radical (unpaired) electrons. The van der Waals surface area contributed by atoms with Crippen LogP contribution >= 0.6 is 0 Å². The zero-order valence-corrected chi connectivity index (χ0v) is 14.1. The fourth-order valence-electron chi connectivity index (χ4n) is 2.42. The zero-order chi connectivity index (χ0) is 17.1. The predicted octanol–water partition coefficient (Wildman–Crippen LogP) is 3.87. The van der Waals surface area contributed by atoms with Crippen molar-refractivity contribution in [3.05, 3.63) is 59.7 Å². The SMILES string of the molecule is O=C(Nc1cc(F)c(N2CC(F)C2)c(F)c1)OCc1ccccc1.[Fe]. The average molecular weight is 392 g/mol. The number of hydrogen-bond acceptors (Lipinski definition) is 3. The van der Waals surface area contributed by atoms with Crippen molar-refractivity contribution in [2.24, 2.45) is 0 Å². The maximum atomic E-state index is 14.0. The molecule has 134 valence electrons. The Hall–Kier alpha value is -2.18. The van der Waals surface area contributed by atoms with E-state index in [9.17, 15) is 18.0 Å². The summed E-state index contributed by atoms with van der Waals surface area (Å²) in [4.78, 5) is 13.0. The van der Waals surface area contributed by atoms with Gasteiger partial charge in [0.15, 0.2) is 11.6 Å². The molecule has 0 aliphatic carbocycles. The molecule has 1 amide bonds. The molecule has 0 unspecified atom stereocenters. The molecule has 0 spiro atoms. The van der Waals surface area contributed by atoms with E-state index in [0.717, 1.165) is 17.7 Å². The van der Waals surface area contributed by atoms with Crippen molar-refractivity contribution >= 4 is 17.5 Å². The van der Waals surface area contributed by atoms with Crippen molar-refractivity contribution in [1.82, 2.24) is 0 Å². The van der Waals surface area contributed by atoms with Crippen molar-refractivity contribution in [3.63, 3.8) is 0 Å². The molecule has 1 N–H and O–H groups in total. The number of ether oxygens (including phenoxy) is 1. The van der Waals surface area contributed by atoms with E-state index in [1.165, 1.54) is 4.90 Å². The van der Waals surface area contributed by atoms with Gasteiger partial charge in [-0.25, -0.2) is 18.0 Å². The molecule has 1 saturated heterocycles. The first-order chi connectivity index (χ1) is 11.5. The predicted molar refractivity (Wildman–Crippen MR) is 83.7 cm³/mol. The van der Waals surface area contributed by atoms with Crippen molar-refractivity contribution in [1.29, 1.82) is 0 Å². The second-order valence-electron chi connectivity index (χ2n) is 5.48. The van der Waals surface area contributed by atoms with Crippen LogP contribution in [-0.2, 0) is 28.4 Å². The largest absolute Gasteiger partial charge is 0.444 e. The molecular weight excluding hydrogens is 377 g/mol. The number of halogens is 3. The summed E-state index contributed by atoms with van der Waals surface area (Å²) in [6.45, 7) is -0.0408. The van der Waals surface area contributed by atoms with E-state index < -0.39 is 23.9 Å². The van der Waals surface area contributed by atoms with E-state index in [-0.39, 0.29) is 48.1 Å². The van der Waals surface area contributed by atoms with Gasteiger partial charge in [-0.3, -0.25) is 5.32 Å². The van der Waals surface area contributed by atoms with Crippen LogP contribution in [0.3, 0.4) is 0 Å². The number of anilines is 2. The third kappa shape index (κ3) is 4.67. The Kier molecular flexibility index (Phi) is 6.33. The third-order valence-electron chi connectivity index (χ3n) is 3.63. The molecular formula is C17H15F3FeN2O2. The summed E-state index contributed by atoms with van der Waals surface area (Å²) in [5.74, 6) is -1.72. The van der Waals surface area contributed by atoms with E-state index in [1.54, 1.807) is 24.3 Å². The fourth-order valence-corrected chi connectivity index (χ4v) is 2.42. The van der Waals surface area contributed by atoms with E-state index in [2.05, 4.69) is 5.32 Å². The summed E-state index contributed by atoms with van der Waals surface area (Å²) in [7, 11) is 0. The number of amides is 1. The number of carbonyl (C=O) groups is 1. The Morgan fingerprint density at radius 1 is 1.16 bits per heavy atom. The second-order valence-corrected chi connectivity index (χ2v) is 5.48. The number of nitrogens with one attached hydrogen (secondary N) is 1.